The van der Waals surface area contributed by atoms with Crippen molar-refractivity contribution in [2.75, 3.05) is 11.9 Å². The van der Waals surface area contributed by atoms with Crippen molar-refractivity contribution in [2.24, 2.45) is 0 Å². The Hall–Kier alpha value is -2.49. The number of carbonyl (C=O) groups is 1. The van der Waals surface area contributed by atoms with Crippen molar-refractivity contribution >= 4 is 11.7 Å². The van der Waals surface area contributed by atoms with Gasteiger partial charge in [0, 0.05) is 25.3 Å². The number of nitrogens with one attached hydrogen (secondary N) is 1. The molecule has 0 spiro atoms. The van der Waals surface area contributed by atoms with Crippen LogP contribution >= 0.6 is 0 Å². The molecule has 0 atom stereocenters. The first-order valence-corrected chi connectivity index (χ1v) is 6.01. The lowest BCUT2D eigenvalue weighted by Gasteiger charge is -2.18. The second-order valence-electron chi connectivity index (χ2n) is 4.22. The number of rotatable bonds is 3. The van der Waals surface area contributed by atoms with Crippen LogP contribution in [0.3, 0.4) is 0 Å². The van der Waals surface area contributed by atoms with Crippen molar-refractivity contribution < 1.29 is 9.90 Å². The van der Waals surface area contributed by atoms with Crippen LogP contribution in [0.5, 0.6) is 5.75 Å². The SMILES string of the molecule is CN(C(=O)NCc1ccccc1)c1cccc(O)c1. The molecule has 0 heterocycles. The van der Waals surface area contributed by atoms with Crippen molar-refractivity contribution in [1.29, 1.82) is 0 Å². The molecular weight excluding hydrogens is 240 g/mol. The third-order valence-corrected chi connectivity index (χ3v) is 2.81. The zero-order valence-corrected chi connectivity index (χ0v) is 10.7. The predicted molar refractivity (Wildman–Crippen MR) is 75.2 cm³/mol. The summed E-state index contributed by atoms with van der Waals surface area (Å²) in [7, 11) is 1.66. The summed E-state index contributed by atoms with van der Waals surface area (Å²) in [4.78, 5) is 13.4. The molecule has 0 aliphatic rings. The highest BCUT2D eigenvalue weighted by Gasteiger charge is 2.10. The fourth-order valence-electron chi connectivity index (χ4n) is 1.71. The smallest absolute Gasteiger partial charge is 0.321 e. The van der Waals surface area contributed by atoms with Gasteiger partial charge in [-0.3, -0.25) is 4.90 Å². The van der Waals surface area contributed by atoms with Crippen molar-refractivity contribution in [3.63, 3.8) is 0 Å². The van der Waals surface area contributed by atoms with Gasteiger partial charge in [0.2, 0.25) is 0 Å². The van der Waals surface area contributed by atoms with Crippen LogP contribution in [0.15, 0.2) is 54.6 Å². The van der Waals surface area contributed by atoms with Gasteiger partial charge in [-0.25, -0.2) is 4.79 Å². The van der Waals surface area contributed by atoms with Gasteiger partial charge < -0.3 is 10.4 Å². The van der Waals surface area contributed by atoms with Gasteiger partial charge in [-0.05, 0) is 17.7 Å². The Morgan fingerprint density at radius 3 is 2.58 bits per heavy atom. The summed E-state index contributed by atoms with van der Waals surface area (Å²) >= 11 is 0. The Morgan fingerprint density at radius 2 is 1.89 bits per heavy atom. The van der Waals surface area contributed by atoms with Gasteiger partial charge in [0.1, 0.15) is 5.75 Å². The largest absolute Gasteiger partial charge is 0.508 e. The maximum Gasteiger partial charge on any atom is 0.321 e. The Kier molecular flexibility index (Phi) is 4.03. The average Bonchev–Trinajstić information content (AvgIpc) is 2.45. The lowest BCUT2D eigenvalue weighted by molar-refractivity contribution is 0.247. The minimum Gasteiger partial charge on any atom is -0.508 e. The number of phenolic OH excluding ortho intramolecular Hbond substituents is 1. The zero-order valence-electron chi connectivity index (χ0n) is 10.7. The Labute approximate surface area is 112 Å². The normalized spacial score (nSPS) is 9.95. The molecule has 0 fully saturated rings. The summed E-state index contributed by atoms with van der Waals surface area (Å²) < 4.78 is 0. The van der Waals surface area contributed by atoms with Crippen molar-refractivity contribution in [3.05, 3.63) is 60.2 Å². The maximum absolute atomic E-state index is 12.0. The molecule has 0 aliphatic carbocycles. The van der Waals surface area contributed by atoms with E-state index in [0.29, 0.717) is 12.2 Å². The van der Waals surface area contributed by atoms with Crippen LogP contribution in [0.4, 0.5) is 10.5 Å². The van der Waals surface area contributed by atoms with E-state index in [-0.39, 0.29) is 11.8 Å². The highest BCUT2D eigenvalue weighted by molar-refractivity contribution is 5.91. The van der Waals surface area contributed by atoms with Crippen molar-refractivity contribution in [1.82, 2.24) is 5.32 Å². The lowest BCUT2D eigenvalue weighted by Crippen LogP contribution is -2.36. The zero-order chi connectivity index (χ0) is 13.7. The van der Waals surface area contributed by atoms with E-state index < -0.39 is 0 Å². The number of hydrogen-bond donors (Lipinski definition) is 2. The van der Waals surface area contributed by atoms with Crippen molar-refractivity contribution in [3.8, 4) is 5.75 Å². The third-order valence-electron chi connectivity index (χ3n) is 2.81. The molecule has 19 heavy (non-hydrogen) atoms. The number of aromatic hydroxyl groups is 1. The van der Waals surface area contributed by atoms with E-state index in [9.17, 15) is 9.90 Å². The number of anilines is 1. The first-order chi connectivity index (χ1) is 9.16. The molecule has 0 radical (unpaired) electrons. The quantitative estimate of drug-likeness (QED) is 0.887. The molecule has 2 N–H and O–H groups in total. The first kappa shape index (κ1) is 13.0. The number of nitrogens with zero attached hydrogens (tertiary/aromatic N) is 1. The van der Waals surface area contributed by atoms with Gasteiger partial charge in [0.15, 0.2) is 0 Å². The van der Waals surface area contributed by atoms with Gasteiger partial charge in [-0.2, -0.15) is 0 Å². The second kappa shape index (κ2) is 5.91. The summed E-state index contributed by atoms with van der Waals surface area (Å²) in [6, 6.07) is 16.1. The van der Waals surface area contributed by atoms with Gasteiger partial charge in [-0.1, -0.05) is 36.4 Å². The topological polar surface area (TPSA) is 52.6 Å². The Bertz CT molecular complexity index is 555. The van der Waals surface area contributed by atoms with E-state index in [1.54, 1.807) is 31.3 Å². The average molecular weight is 256 g/mol. The highest BCUT2D eigenvalue weighted by Crippen LogP contribution is 2.18. The van der Waals surface area contributed by atoms with Gasteiger partial charge >= 0.3 is 6.03 Å². The lowest BCUT2D eigenvalue weighted by atomic mass is 10.2. The summed E-state index contributed by atoms with van der Waals surface area (Å²) in [5.74, 6) is 0.139. The van der Waals surface area contributed by atoms with E-state index in [2.05, 4.69) is 5.32 Å². The second-order valence-corrected chi connectivity index (χ2v) is 4.22. The fraction of sp³-hybridized carbons (Fsp3) is 0.133. The maximum atomic E-state index is 12.0. The van der Waals surface area contributed by atoms with Crippen LogP contribution in [0.25, 0.3) is 0 Å². The van der Waals surface area contributed by atoms with E-state index in [0.717, 1.165) is 5.56 Å². The predicted octanol–water partition coefficient (Wildman–Crippen LogP) is 2.74. The molecule has 0 unspecified atom stereocenters. The van der Waals surface area contributed by atoms with Crippen LogP contribution < -0.4 is 10.2 Å². The van der Waals surface area contributed by atoms with E-state index in [1.807, 2.05) is 30.3 Å². The third kappa shape index (κ3) is 3.48. The number of benzene rings is 2. The summed E-state index contributed by atoms with van der Waals surface area (Å²) in [5.41, 5.74) is 1.69. The molecule has 0 aromatic heterocycles. The van der Waals surface area contributed by atoms with Gasteiger partial charge in [0.25, 0.3) is 0 Å². The van der Waals surface area contributed by atoms with Crippen LogP contribution in [0.2, 0.25) is 0 Å². The Morgan fingerprint density at radius 1 is 1.16 bits per heavy atom. The van der Waals surface area contributed by atoms with Gasteiger partial charge in [-0.15, -0.1) is 0 Å². The summed E-state index contributed by atoms with van der Waals surface area (Å²) in [5, 5.41) is 12.2. The summed E-state index contributed by atoms with van der Waals surface area (Å²) in [6.07, 6.45) is 0. The Balaban J connectivity index is 1.96. The molecule has 2 amide bonds. The van der Waals surface area contributed by atoms with E-state index >= 15 is 0 Å². The minimum atomic E-state index is -0.213. The molecule has 4 nitrogen and oxygen atoms in total. The number of amides is 2. The molecule has 4 heteroatoms. The molecule has 2 rings (SSSR count). The monoisotopic (exact) mass is 256 g/mol. The fourth-order valence-corrected chi connectivity index (χ4v) is 1.71. The van der Waals surface area contributed by atoms with Crippen LogP contribution in [-0.2, 0) is 6.54 Å². The molecular formula is C15H16N2O2. The minimum absolute atomic E-state index is 0.139. The molecule has 2 aromatic carbocycles. The molecule has 2 aromatic rings. The van der Waals surface area contributed by atoms with Gasteiger partial charge in [0.05, 0.1) is 0 Å². The first-order valence-electron chi connectivity index (χ1n) is 6.01. The molecule has 0 saturated heterocycles. The van der Waals surface area contributed by atoms with Crippen molar-refractivity contribution in [2.45, 2.75) is 6.54 Å². The summed E-state index contributed by atoms with van der Waals surface area (Å²) in [6.45, 7) is 0.475. The molecule has 0 aliphatic heterocycles. The highest BCUT2D eigenvalue weighted by atomic mass is 16.3. The number of carbonyl (C=O) groups excluding carboxylic acids is 1. The number of phenols is 1. The van der Waals surface area contributed by atoms with Crippen LogP contribution in [-0.4, -0.2) is 18.2 Å². The number of urea groups is 1. The molecule has 0 saturated carbocycles. The standard InChI is InChI=1S/C15H16N2O2/c1-17(13-8-5-9-14(18)10-13)15(19)16-11-12-6-3-2-4-7-12/h2-10,18H,11H2,1H3,(H,16,19). The molecule has 0 bridgehead atoms. The van der Waals surface area contributed by atoms with E-state index in [4.69, 9.17) is 0 Å². The van der Waals surface area contributed by atoms with Crippen LogP contribution in [0, 0.1) is 0 Å². The van der Waals surface area contributed by atoms with Crippen LogP contribution in [0.1, 0.15) is 5.56 Å². The number of hydrogen-bond acceptors (Lipinski definition) is 2. The van der Waals surface area contributed by atoms with E-state index in [1.165, 1.54) is 4.90 Å². The molecule has 98 valence electrons.